The Bertz CT molecular complexity index is 934. The van der Waals surface area contributed by atoms with E-state index in [2.05, 4.69) is 47.7 Å². The Morgan fingerprint density at radius 3 is 1.43 bits per heavy atom. The number of carbonyl (C=O) groups excluding carboxylic acids is 2. The van der Waals surface area contributed by atoms with Crippen LogP contribution in [-0.2, 0) is 14.3 Å². The van der Waals surface area contributed by atoms with Gasteiger partial charge < -0.3 is 19.9 Å². The van der Waals surface area contributed by atoms with Crippen molar-refractivity contribution in [1.82, 2.24) is 20.0 Å². The fourth-order valence-electron chi connectivity index (χ4n) is 9.21. The molecule has 0 radical (unpaired) electrons. The number of amides is 1. The summed E-state index contributed by atoms with van der Waals surface area (Å²) in [5, 5.41) is 3.71. The molecule has 1 aliphatic heterocycles. The number of unbranched alkanes of at least 4 members (excludes halogenated alkanes) is 29. The van der Waals surface area contributed by atoms with Crippen molar-refractivity contribution in [3.8, 4) is 0 Å². The molecule has 1 fully saturated rings. The van der Waals surface area contributed by atoms with Gasteiger partial charge in [-0.25, -0.2) is 0 Å². The smallest absolute Gasteiger partial charge is 0.305 e. The zero-order valence-electron chi connectivity index (χ0n) is 41.9. The van der Waals surface area contributed by atoms with Gasteiger partial charge in [-0.3, -0.25) is 14.5 Å². The van der Waals surface area contributed by atoms with Crippen LogP contribution in [0.25, 0.3) is 0 Å². The highest BCUT2D eigenvalue weighted by Gasteiger charge is 2.28. The van der Waals surface area contributed by atoms with Crippen molar-refractivity contribution >= 4 is 11.9 Å². The Labute approximate surface area is 381 Å². The third-order valence-electron chi connectivity index (χ3n) is 13.3. The highest BCUT2D eigenvalue weighted by atomic mass is 16.5. The van der Waals surface area contributed by atoms with E-state index in [1.165, 1.54) is 199 Å². The van der Waals surface area contributed by atoms with Gasteiger partial charge in [0.1, 0.15) is 0 Å². The van der Waals surface area contributed by atoms with Crippen molar-refractivity contribution in [3.63, 3.8) is 0 Å². The lowest BCUT2D eigenvalue weighted by atomic mass is 10.0. The topological polar surface area (TPSA) is 65.1 Å². The van der Waals surface area contributed by atoms with Gasteiger partial charge in [0, 0.05) is 39.1 Å². The van der Waals surface area contributed by atoms with E-state index in [0.717, 1.165) is 84.3 Å². The molecule has 0 aromatic carbocycles. The standard InChI is InChI=1S/C54H108N4O3/c1-5-9-13-16-19-20-21-22-23-26-31-35-43-56(44-36-32-27-28-33-39-54(60)61-48-38-12-8-4)49-52-40-46-58(50-52)53(59)51-57(45-37-30-25-18-15-11-7-3)47-42-55-41-34-29-24-17-14-10-6-2/h52,55H,5-51H2,1-4H3. The molecule has 1 saturated heterocycles. The molecule has 1 unspecified atom stereocenters. The maximum Gasteiger partial charge on any atom is 0.305 e. The molecule has 1 N–H and O–H groups in total. The molecule has 1 aliphatic rings. The Kier molecular flexibility index (Phi) is 43.0. The van der Waals surface area contributed by atoms with Gasteiger partial charge in [0.25, 0.3) is 0 Å². The average Bonchev–Trinajstić information content (AvgIpc) is 3.74. The third kappa shape index (κ3) is 37.9. The van der Waals surface area contributed by atoms with E-state index in [4.69, 9.17) is 4.74 Å². The lowest BCUT2D eigenvalue weighted by Gasteiger charge is -2.27. The van der Waals surface area contributed by atoms with Crippen LogP contribution in [0.5, 0.6) is 0 Å². The molecule has 1 rings (SSSR count). The third-order valence-corrected chi connectivity index (χ3v) is 13.3. The summed E-state index contributed by atoms with van der Waals surface area (Å²) in [7, 11) is 0. The number of hydrogen-bond donors (Lipinski definition) is 1. The minimum atomic E-state index is -0.0132. The van der Waals surface area contributed by atoms with E-state index in [-0.39, 0.29) is 5.97 Å². The second kappa shape index (κ2) is 45.4. The summed E-state index contributed by atoms with van der Waals surface area (Å²) >= 11 is 0. The number of ether oxygens (including phenoxy) is 1. The average molecular weight is 861 g/mol. The normalized spacial score (nSPS) is 14.3. The highest BCUT2D eigenvalue weighted by molar-refractivity contribution is 5.78. The van der Waals surface area contributed by atoms with Gasteiger partial charge in [-0.15, -0.1) is 0 Å². The molecule has 1 atom stereocenters. The number of esters is 1. The molecule has 0 spiro atoms. The van der Waals surface area contributed by atoms with Crippen LogP contribution < -0.4 is 5.32 Å². The lowest BCUT2D eigenvalue weighted by molar-refractivity contribution is -0.144. The minimum absolute atomic E-state index is 0.0132. The maximum atomic E-state index is 13.8. The van der Waals surface area contributed by atoms with Crippen LogP contribution in [0, 0.1) is 5.92 Å². The van der Waals surface area contributed by atoms with Crippen molar-refractivity contribution in [2.45, 2.75) is 259 Å². The number of rotatable bonds is 48. The molecular formula is C54H108N4O3. The number of hydrogen-bond acceptors (Lipinski definition) is 6. The van der Waals surface area contributed by atoms with Crippen molar-refractivity contribution < 1.29 is 14.3 Å². The molecule has 7 nitrogen and oxygen atoms in total. The van der Waals surface area contributed by atoms with E-state index in [1.807, 2.05) is 0 Å². The molecule has 362 valence electrons. The lowest BCUT2D eigenvalue weighted by Crippen LogP contribution is -2.42. The number of likely N-dealkylation sites (tertiary alicyclic amines) is 1. The monoisotopic (exact) mass is 861 g/mol. The summed E-state index contributed by atoms with van der Waals surface area (Å²) in [6, 6.07) is 0. The first kappa shape index (κ1) is 57.8. The highest BCUT2D eigenvalue weighted by Crippen LogP contribution is 2.20. The first-order valence-corrected chi connectivity index (χ1v) is 27.6. The molecule has 7 heteroatoms. The van der Waals surface area contributed by atoms with Gasteiger partial charge in [0.2, 0.25) is 5.91 Å². The molecule has 1 amide bonds. The summed E-state index contributed by atoms with van der Waals surface area (Å²) in [6.07, 6.45) is 46.1. The number of nitrogens with one attached hydrogen (secondary N) is 1. The molecule has 0 bridgehead atoms. The SMILES string of the molecule is CCCCCCCCCCCCCCN(CCCCCCCC(=O)OCCCCC)CC1CCN(C(=O)CN(CCCCCCCCC)CCNCCCCCCCCC)C1. The van der Waals surface area contributed by atoms with Gasteiger partial charge in [0.05, 0.1) is 13.2 Å². The Morgan fingerprint density at radius 1 is 0.492 bits per heavy atom. The van der Waals surface area contributed by atoms with E-state index in [0.29, 0.717) is 31.4 Å². The second-order valence-corrected chi connectivity index (χ2v) is 19.4. The van der Waals surface area contributed by atoms with Crippen LogP contribution in [0.15, 0.2) is 0 Å². The second-order valence-electron chi connectivity index (χ2n) is 19.4. The van der Waals surface area contributed by atoms with Gasteiger partial charge in [-0.1, -0.05) is 207 Å². The van der Waals surface area contributed by atoms with Crippen LogP contribution in [0.4, 0.5) is 0 Å². The molecule has 1 heterocycles. The van der Waals surface area contributed by atoms with E-state index < -0.39 is 0 Å². The van der Waals surface area contributed by atoms with Gasteiger partial charge in [0.15, 0.2) is 0 Å². The predicted octanol–water partition coefficient (Wildman–Crippen LogP) is 14.3. The summed E-state index contributed by atoms with van der Waals surface area (Å²) in [6.45, 7) is 19.7. The van der Waals surface area contributed by atoms with E-state index >= 15 is 0 Å². The Balaban J connectivity index is 2.56. The zero-order chi connectivity index (χ0) is 44.1. The molecule has 0 aliphatic carbocycles. The molecule has 0 aromatic rings. The van der Waals surface area contributed by atoms with Crippen LogP contribution >= 0.6 is 0 Å². The van der Waals surface area contributed by atoms with Crippen molar-refractivity contribution in [3.05, 3.63) is 0 Å². The summed E-state index contributed by atoms with van der Waals surface area (Å²) in [4.78, 5) is 33.3. The largest absolute Gasteiger partial charge is 0.466 e. The predicted molar refractivity (Wildman–Crippen MR) is 266 cm³/mol. The first-order valence-electron chi connectivity index (χ1n) is 27.6. The zero-order valence-corrected chi connectivity index (χ0v) is 41.9. The van der Waals surface area contributed by atoms with Crippen molar-refractivity contribution in [2.24, 2.45) is 5.92 Å². The Hall–Kier alpha value is -1.18. The maximum absolute atomic E-state index is 13.8. The molecular weight excluding hydrogens is 753 g/mol. The minimum Gasteiger partial charge on any atom is -0.466 e. The number of nitrogens with zero attached hydrogens (tertiary/aromatic N) is 3. The van der Waals surface area contributed by atoms with Crippen LogP contribution in [0.2, 0.25) is 0 Å². The van der Waals surface area contributed by atoms with Crippen LogP contribution in [-0.4, -0.2) is 98.6 Å². The first-order chi connectivity index (χ1) is 30.0. The number of carbonyl (C=O) groups is 2. The summed E-state index contributed by atoms with van der Waals surface area (Å²) in [5.41, 5.74) is 0. The van der Waals surface area contributed by atoms with E-state index in [9.17, 15) is 9.59 Å². The fraction of sp³-hybridized carbons (Fsp3) is 0.963. The van der Waals surface area contributed by atoms with Crippen molar-refractivity contribution in [2.75, 3.05) is 72.1 Å². The fourth-order valence-corrected chi connectivity index (χ4v) is 9.21. The Morgan fingerprint density at radius 2 is 0.918 bits per heavy atom. The van der Waals surface area contributed by atoms with E-state index in [1.54, 1.807) is 0 Å². The van der Waals surface area contributed by atoms with Crippen LogP contribution in [0.1, 0.15) is 259 Å². The molecule has 0 saturated carbocycles. The quantitative estimate of drug-likeness (QED) is 0.0486. The summed E-state index contributed by atoms with van der Waals surface area (Å²) in [5.74, 6) is 0.931. The van der Waals surface area contributed by atoms with Crippen LogP contribution in [0.3, 0.4) is 0 Å². The summed E-state index contributed by atoms with van der Waals surface area (Å²) < 4.78 is 5.40. The van der Waals surface area contributed by atoms with Gasteiger partial charge in [-0.05, 0) is 77.0 Å². The van der Waals surface area contributed by atoms with Crippen molar-refractivity contribution in [1.29, 1.82) is 0 Å². The van der Waals surface area contributed by atoms with Gasteiger partial charge in [-0.2, -0.15) is 0 Å². The molecule has 61 heavy (non-hydrogen) atoms. The molecule has 0 aromatic heterocycles. The van der Waals surface area contributed by atoms with Gasteiger partial charge >= 0.3 is 5.97 Å².